The molecule has 8 nitrogen and oxygen atoms in total. The lowest BCUT2D eigenvalue weighted by Gasteiger charge is -2.42. The SMILES string of the molecule is O=C(N[C@@H]1[C@@H](OCc2ccccc2)[C@H](O)[C@@H](CO)O[C@@H]1O)OCc1ccccc1. The molecule has 1 fully saturated rings. The third-order valence-electron chi connectivity index (χ3n) is 4.66. The van der Waals surface area contributed by atoms with Gasteiger partial charge in [-0.05, 0) is 11.1 Å². The molecule has 0 spiro atoms. The lowest BCUT2D eigenvalue weighted by molar-refractivity contribution is -0.263. The Labute approximate surface area is 168 Å². The molecule has 1 saturated heterocycles. The van der Waals surface area contributed by atoms with Crippen LogP contribution in [0.5, 0.6) is 0 Å². The van der Waals surface area contributed by atoms with Crippen LogP contribution in [0.4, 0.5) is 4.79 Å². The molecule has 1 heterocycles. The Morgan fingerprint density at radius 1 is 0.966 bits per heavy atom. The van der Waals surface area contributed by atoms with E-state index in [-0.39, 0.29) is 13.2 Å². The number of alkyl carbamates (subject to hydrolysis) is 1. The van der Waals surface area contributed by atoms with Gasteiger partial charge in [0.2, 0.25) is 0 Å². The topological polar surface area (TPSA) is 117 Å². The van der Waals surface area contributed by atoms with Gasteiger partial charge in [0.15, 0.2) is 6.29 Å². The molecule has 4 N–H and O–H groups in total. The Bertz CT molecular complexity index is 758. The Morgan fingerprint density at radius 2 is 1.55 bits per heavy atom. The minimum absolute atomic E-state index is 0.0493. The van der Waals surface area contributed by atoms with E-state index in [2.05, 4.69) is 5.32 Å². The Morgan fingerprint density at radius 3 is 2.14 bits per heavy atom. The van der Waals surface area contributed by atoms with E-state index in [1.807, 2.05) is 60.7 Å². The summed E-state index contributed by atoms with van der Waals surface area (Å²) in [5, 5.41) is 32.7. The summed E-state index contributed by atoms with van der Waals surface area (Å²) in [7, 11) is 0. The van der Waals surface area contributed by atoms with Crippen LogP contribution in [0.1, 0.15) is 11.1 Å². The molecule has 0 aliphatic carbocycles. The monoisotopic (exact) mass is 403 g/mol. The fraction of sp³-hybridized carbons (Fsp3) is 0.381. The van der Waals surface area contributed by atoms with E-state index in [0.29, 0.717) is 0 Å². The fourth-order valence-electron chi connectivity index (χ4n) is 3.10. The third kappa shape index (κ3) is 5.75. The molecule has 2 aromatic carbocycles. The zero-order chi connectivity index (χ0) is 20.6. The van der Waals surface area contributed by atoms with Crippen LogP contribution in [0.15, 0.2) is 60.7 Å². The number of ether oxygens (including phenoxy) is 3. The highest BCUT2D eigenvalue weighted by Gasteiger charge is 2.46. The lowest BCUT2D eigenvalue weighted by atomic mass is 9.97. The van der Waals surface area contributed by atoms with Gasteiger partial charge in [-0.15, -0.1) is 0 Å². The Balaban J connectivity index is 1.64. The lowest BCUT2D eigenvalue weighted by Crippen LogP contribution is -2.64. The number of benzene rings is 2. The van der Waals surface area contributed by atoms with E-state index < -0.39 is 43.3 Å². The summed E-state index contributed by atoms with van der Waals surface area (Å²) in [6.07, 6.45) is -5.58. The third-order valence-corrected chi connectivity index (χ3v) is 4.66. The zero-order valence-corrected chi connectivity index (χ0v) is 15.8. The fourth-order valence-corrected chi connectivity index (χ4v) is 3.10. The highest BCUT2D eigenvalue weighted by atomic mass is 16.6. The molecule has 0 saturated carbocycles. The maximum Gasteiger partial charge on any atom is 0.407 e. The van der Waals surface area contributed by atoms with Gasteiger partial charge in [-0.3, -0.25) is 0 Å². The summed E-state index contributed by atoms with van der Waals surface area (Å²) in [6.45, 7) is -0.313. The molecule has 0 radical (unpaired) electrons. The van der Waals surface area contributed by atoms with Gasteiger partial charge in [-0.1, -0.05) is 60.7 Å². The minimum Gasteiger partial charge on any atom is -0.445 e. The maximum absolute atomic E-state index is 12.2. The number of amides is 1. The molecular formula is C21H25NO7. The average molecular weight is 403 g/mol. The zero-order valence-electron chi connectivity index (χ0n) is 15.8. The van der Waals surface area contributed by atoms with Crippen LogP contribution in [0, 0.1) is 0 Å². The van der Waals surface area contributed by atoms with E-state index in [1.165, 1.54) is 0 Å². The van der Waals surface area contributed by atoms with Crippen LogP contribution in [-0.2, 0) is 27.4 Å². The van der Waals surface area contributed by atoms with Crippen LogP contribution >= 0.6 is 0 Å². The standard InChI is InChI=1S/C21H25NO7/c23-11-16-18(24)19(27-12-14-7-3-1-4-8-14)17(20(25)29-16)22-21(26)28-13-15-9-5-2-6-10-15/h1-10,16-20,23-25H,11-13H2,(H,22,26)/t16-,17-,18-,19-,20+/m1/s1. The maximum atomic E-state index is 12.2. The molecule has 5 atom stereocenters. The van der Waals surface area contributed by atoms with Crippen LogP contribution in [0.25, 0.3) is 0 Å². The number of aliphatic hydroxyl groups is 3. The van der Waals surface area contributed by atoms with Crippen LogP contribution in [0.2, 0.25) is 0 Å². The second-order valence-electron chi connectivity index (χ2n) is 6.73. The molecule has 2 aromatic rings. The Hall–Kier alpha value is -2.49. The highest BCUT2D eigenvalue weighted by Crippen LogP contribution is 2.23. The molecule has 29 heavy (non-hydrogen) atoms. The quantitative estimate of drug-likeness (QED) is 0.543. The predicted octanol–water partition coefficient (Wildman–Crippen LogP) is 0.937. The first-order chi connectivity index (χ1) is 14.1. The molecule has 1 amide bonds. The van der Waals surface area contributed by atoms with Gasteiger partial charge in [0.1, 0.15) is 31.0 Å². The number of carbonyl (C=O) groups is 1. The van der Waals surface area contributed by atoms with Crippen molar-refractivity contribution >= 4 is 6.09 Å². The van der Waals surface area contributed by atoms with E-state index in [1.54, 1.807) is 0 Å². The number of hydrogen-bond donors (Lipinski definition) is 4. The highest BCUT2D eigenvalue weighted by molar-refractivity contribution is 5.67. The van der Waals surface area contributed by atoms with Crippen molar-refractivity contribution in [3.63, 3.8) is 0 Å². The van der Waals surface area contributed by atoms with Gasteiger partial charge in [0, 0.05) is 0 Å². The number of carbonyl (C=O) groups excluding carboxylic acids is 1. The molecule has 156 valence electrons. The van der Waals surface area contributed by atoms with Gasteiger partial charge in [-0.25, -0.2) is 4.79 Å². The molecule has 0 aromatic heterocycles. The summed E-state index contributed by atoms with van der Waals surface area (Å²) < 4.78 is 16.2. The van der Waals surface area contributed by atoms with Crippen molar-refractivity contribution in [2.75, 3.05) is 6.61 Å². The summed E-state index contributed by atoms with van der Waals surface area (Å²) in [5.74, 6) is 0. The first-order valence-electron chi connectivity index (χ1n) is 9.33. The van der Waals surface area contributed by atoms with Gasteiger partial charge in [0.05, 0.1) is 13.2 Å². The number of hydrogen-bond acceptors (Lipinski definition) is 7. The largest absolute Gasteiger partial charge is 0.445 e. The summed E-state index contributed by atoms with van der Waals surface area (Å²) in [6, 6.07) is 17.3. The van der Waals surface area contributed by atoms with Gasteiger partial charge < -0.3 is 34.8 Å². The summed E-state index contributed by atoms with van der Waals surface area (Å²) in [5.41, 5.74) is 1.66. The van der Waals surface area contributed by atoms with Gasteiger partial charge in [0.25, 0.3) is 0 Å². The Kier molecular flexibility index (Phi) is 7.56. The molecule has 1 aliphatic heterocycles. The second kappa shape index (κ2) is 10.3. The second-order valence-corrected chi connectivity index (χ2v) is 6.73. The molecule has 0 unspecified atom stereocenters. The van der Waals surface area contributed by atoms with Crippen molar-refractivity contribution in [2.45, 2.75) is 43.9 Å². The average Bonchev–Trinajstić information content (AvgIpc) is 2.75. The van der Waals surface area contributed by atoms with E-state index in [9.17, 15) is 20.1 Å². The molecule has 8 heteroatoms. The first-order valence-corrected chi connectivity index (χ1v) is 9.33. The molecule has 1 aliphatic rings. The van der Waals surface area contributed by atoms with Crippen molar-refractivity contribution < 1.29 is 34.3 Å². The van der Waals surface area contributed by atoms with Gasteiger partial charge >= 0.3 is 6.09 Å². The molecule has 3 rings (SSSR count). The van der Waals surface area contributed by atoms with Crippen LogP contribution < -0.4 is 5.32 Å². The first kappa shape index (κ1) is 21.2. The summed E-state index contributed by atoms with van der Waals surface area (Å²) >= 11 is 0. The summed E-state index contributed by atoms with van der Waals surface area (Å²) in [4.78, 5) is 12.2. The number of rotatable bonds is 7. The molecule has 0 bridgehead atoms. The normalized spacial score (nSPS) is 26.7. The van der Waals surface area contributed by atoms with Crippen molar-refractivity contribution in [3.05, 3.63) is 71.8 Å². The van der Waals surface area contributed by atoms with Crippen molar-refractivity contribution in [1.29, 1.82) is 0 Å². The van der Waals surface area contributed by atoms with E-state index >= 15 is 0 Å². The van der Waals surface area contributed by atoms with Crippen LogP contribution in [0.3, 0.4) is 0 Å². The van der Waals surface area contributed by atoms with Crippen molar-refractivity contribution in [3.8, 4) is 0 Å². The number of nitrogens with one attached hydrogen (secondary N) is 1. The van der Waals surface area contributed by atoms with Crippen LogP contribution in [-0.4, -0.2) is 58.7 Å². The van der Waals surface area contributed by atoms with E-state index in [4.69, 9.17) is 14.2 Å². The molecular weight excluding hydrogens is 378 g/mol. The minimum atomic E-state index is -1.49. The van der Waals surface area contributed by atoms with Crippen molar-refractivity contribution in [2.24, 2.45) is 0 Å². The smallest absolute Gasteiger partial charge is 0.407 e. The number of aliphatic hydroxyl groups excluding tert-OH is 3. The van der Waals surface area contributed by atoms with E-state index in [0.717, 1.165) is 11.1 Å². The predicted molar refractivity (Wildman–Crippen MR) is 103 cm³/mol. The van der Waals surface area contributed by atoms with Crippen molar-refractivity contribution in [1.82, 2.24) is 5.32 Å². The van der Waals surface area contributed by atoms with Gasteiger partial charge in [-0.2, -0.15) is 0 Å².